The van der Waals surface area contributed by atoms with Gasteiger partial charge in [-0.15, -0.1) is 0 Å². The van der Waals surface area contributed by atoms with Crippen molar-refractivity contribution in [2.45, 2.75) is 25.9 Å². The van der Waals surface area contributed by atoms with E-state index in [1.165, 1.54) is 4.57 Å². The number of aliphatic hydroxyl groups excluding tert-OH is 2. The number of hydrogen-bond acceptors (Lipinski definition) is 6. The second-order valence-corrected chi connectivity index (χ2v) is 3.88. The number of nitrogen functional groups attached to an aromatic ring is 1. The molecule has 102 valence electrons. The Kier molecular flexibility index (Phi) is 4.93. The molecule has 8 heteroatoms. The first-order chi connectivity index (χ1) is 8.54. The van der Waals surface area contributed by atoms with Crippen molar-refractivity contribution in [1.82, 2.24) is 9.55 Å². The highest BCUT2D eigenvalue weighted by Gasteiger charge is 2.15. The van der Waals surface area contributed by atoms with Gasteiger partial charge in [0, 0.05) is 6.54 Å². The van der Waals surface area contributed by atoms with Crippen LogP contribution in [0.3, 0.4) is 0 Å². The van der Waals surface area contributed by atoms with Crippen LogP contribution >= 0.6 is 0 Å². The Morgan fingerprint density at radius 2 is 2.00 bits per heavy atom. The maximum atomic E-state index is 11.6. The lowest BCUT2D eigenvalue weighted by molar-refractivity contribution is 0.204. The molecule has 18 heavy (non-hydrogen) atoms. The van der Waals surface area contributed by atoms with Crippen molar-refractivity contribution >= 4 is 11.5 Å². The lowest BCUT2D eigenvalue weighted by Crippen LogP contribution is -2.37. The lowest BCUT2D eigenvalue weighted by Gasteiger charge is -2.17. The topological polar surface area (TPSA) is 133 Å². The number of aliphatic hydroxyl groups is 2. The van der Waals surface area contributed by atoms with Gasteiger partial charge in [0.1, 0.15) is 11.5 Å². The van der Waals surface area contributed by atoms with Crippen LogP contribution in [-0.2, 0) is 6.54 Å². The van der Waals surface area contributed by atoms with Gasteiger partial charge in [0.15, 0.2) is 0 Å². The molecule has 0 aliphatic heterocycles. The van der Waals surface area contributed by atoms with Crippen LogP contribution in [0.25, 0.3) is 0 Å². The van der Waals surface area contributed by atoms with E-state index in [2.05, 4.69) is 10.3 Å². The monoisotopic (exact) mass is 258 g/mol. The van der Waals surface area contributed by atoms with E-state index in [-0.39, 0.29) is 24.7 Å². The van der Waals surface area contributed by atoms with E-state index < -0.39 is 17.3 Å². The van der Waals surface area contributed by atoms with Gasteiger partial charge in [0.2, 0.25) is 0 Å². The van der Waals surface area contributed by atoms with E-state index in [9.17, 15) is 9.59 Å². The van der Waals surface area contributed by atoms with Gasteiger partial charge in [-0.3, -0.25) is 14.3 Å². The number of aromatic amines is 1. The molecule has 6 N–H and O–H groups in total. The van der Waals surface area contributed by atoms with Crippen molar-refractivity contribution in [3.8, 4) is 0 Å². The SMILES string of the molecule is CCCn1c(N)c(NC(CO)CO)c(=O)[nH]c1=O. The van der Waals surface area contributed by atoms with Crippen LogP contribution in [0.5, 0.6) is 0 Å². The van der Waals surface area contributed by atoms with Gasteiger partial charge in [-0.1, -0.05) is 6.92 Å². The van der Waals surface area contributed by atoms with E-state index in [0.29, 0.717) is 13.0 Å². The largest absolute Gasteiger partial charge is 0.394 e. The molecular weight excluding hydrogens is 240 g/mol. The van der Waals surface area contributed by atoms with Crippen molar-refractivity contribution in [2.24, 2.45) is 0 Å². The van der Waals surface area contributed by atoms with E-state index in [4.69, 9.17) is 15.9 Å². The summed E-state index contributed by atoms with van der Waals surface area (Å²) in [6, 6.07) is -0.707. The molecule has 0 bridgehead atoms. The number of rotatable bonds is 6. The molecule has 0 unspecified atom stereocenters. The van der Waals surface area contributed by atoms with Crippen LogP contribution in [0.1, 0.15) is 13.3 Å². The Morgan fingerprint density at radius 1 is 1.39 bits per heavy atom. The molecule has 1 aromatic rings. The zero-order valence-electron chi connectivity index (χ0n) is 10.1. The molecule has 0 radical (unpaired) electrons. The highest BCUT2D eigenvalue weighted by Crippen LogP contribution is 2.11. The Hall–Kier alpha value is -1.80. The number of aromatic nitrogens is 2. The fourth-order valence-corrected chi connectivity index (χ4v) is 1.53. The molecule has 1 heterocycles. The quantitative estimate of drug-likeness (QED) is 0.413. The molecule has 0 amide bonds. The first kappa shape index (κ1) is 14.3. The standard InChI is InChI=1S/C10H18N4O4/c1-2-3-14-8(11)7(9(17)13-10(14)18)12-6(4-15)5-16/h6,12,15-16H,2-5,11H2,1H3,(H,13,17,18). The summed E-state index contributed by atoms with van der Waals surface area (Å²) in [6.45, 7) is 1.53. The number of anilines is 2. The van der Waals surface area contributed by atoms with Gasteiger partial charge >= 0.3 is 5.69 Å². The first-order valence-electron chi connectivity index (χ1n) is 5.66. The smallest absolute Gasteiger partial charge is 0.330 e. The minimum atomic E-state index is -0.707. The molecule has 1 aromatic heterocycles. The van der Waals surface area contributed by atoms with E-state index >= 15 is 0 Å². The van der Waals surface area contributed by atoms with Crippen molar-refractivity contribution in [2.75, 3.05) is 24.3 Å². The minimum absolute atomic E-state index is 0.00231. The lowest BCUT2D eigenvalue weighted by atomic mass is 10.3. The minimum Gasteiger partial charge on any atom is -0.394 e. The fourth-order valence-electron chi connectivity index (χ4n) is 1.53. The Labute approximate surface area is 103 Å². The van der Waals surface area contributed by atoms with Crippen molar-refractivity contribution in [3.05, 3.63) is 20.8 Å². The molecule has 0 aliphatic carbocycles. The molecular formula is C10H18N4O4. The molecule has 0 fully saturated rings. The molecule has 0 spiro atoms. The molecule has 0 atom stereocenters. The summed E-state index contributed by atoms with van der Waals surface area (Å²) in [6.07, 6.45) is 0.680. The Balaban J connectivity index is 3.23. The van der Waals surface area contributed by atoms with E-state index in [1.54, 1.807) is 0 Å². The van der Waals surface area contributed by atoms with E-state index in [0.717, 1.165) is 0 Å². The molecule has 0 aromatic carbocycles. The average molecular weight is 258 g/mol. The zero-order chi connectivity index (χ0) is 13.7. The van der Waals surface area contributed by atoms with Gasteiger partial charge in [-0.25, -0.2) is 4.79 Å². The predicted octanol–water partition coefficient (Wildman–Crippen LogP) is -1.71. The van der Waals surface area contributed by atoms with Crippen molar-refractivity contribution in [1.29, 1.82) is 0 Å². The highest BCUT2D eigenvalue weighted by atomic mass is 16.3. The summed E-state index contributed by atoms with van der Waals surface area (Å²) < 4.78 is 1.23. The van der Waals surface area contributed by atoms with Crippen LogP contribution in [0.15, 0.2) is 9.59 Å². The second kappa shape index (κ2) is 6.22. The number of H-pyrrole nitrogens is 1. The van der Waals surface area contributed by atoms with Gasteiger partial charge in [-0.2, -0.15) is 0 Å². The fraction of sp³-hybridized carbons (Fsp3) is 0.600. The van der Waals surface area contributed by atoms with Gasteiger partial charge < -0.3 is 21.3 Å². The second-order valence-electron chi connectivity index (χ2n) is 3.88. The summed E-state index contributed by atoms with van der Waals surface area (Å²) in [7, 11) is 0. The van der Waals surface area contributed by atoms with Crippen LogP contribution < -0.4 is 22.3 Å². The number of nitrogens with two attached hydrogens (primary N) is 1. The summed E-state index contributed by atoms with van der Waals surface area (Å²) in [4.78, 5) is 25.3. The van der Waals surface area contributed by atoms with Gasteiger partial charge in [-0.05, 0) is 6.42 Å². The van der Waals surface area contributed by atoms with Crippen molar-refractivity contribution in [3.63, 3.8) is 0 Å². The Bertz CT molecular complexity index is 504. The number of nitrogens with zero attached hydrogens (tertiary/aromatic N) is 1. The van der Waals surface area contributed by atoms with Crippen LogP contribution in [0, 0.1) is 0 Å². The van der Waals surface area contributed by atoms with Crippen molar-refractivity contribution < 1.29 is 10.2 Å². The maximum absolute atomic E-state index is 11.6. The third kappa shape index (κ3) is 2.90. The first-order valence-corrected chi connectivity index (χ1v) is 5.66. The Morgan fingerprint density at radius 3 is 2.50 bits per heavy atom. The van der Waals surface area contributed by atoms with Gasteiger partial charge in [0.25, 0.3) is 5.56 Å². The summed E-state index contributed by atoms with van der Waals surface area (Å²) >= 11 is 0. The third-order valence-electron chi connectivity index (χ3n) is 2.48. The third-order valence-corrected chi connectivity index (χ3v) is 2.48. The molecule has 0 aliphatic rings. The maximum Gasteiger partial charge on any atom is 0.330 e. The van der Waals surface area contributed by atoms with Crippen LogP contribution in [0.4, 0.5) is 11.5 Å². The molecule has 1 rings (SSSR count). The summed E-state index contributed by atoms with van der Waals surface area (Å²) in [5.41, 5.74) is 4.48. The van der Waals surface area contributed by atoms with Gasteiger partial charge in [0.05, 0.1) is 19.3 Å². The average Bonchev–Trinajstić information content (AvgIpc) is 2.35. The number of nitrogens with one attached hydrogen (secondary N) is 2. The molecule has 0 saturated heterocycles. The summed E-state index contributed by atoms with van der Waals surface area (Å²) in [5.74, 6) is -0.00231. The van der Waals surface area contributed by atoms with Crippen LogP contribution in [0.2, 0.25) is 0 Å². The molecule has 8 nitrogen and oxygen atoms in total. The summed E-state index contributed by atoms with van der Waals surface area (Å²) in [5, 5.41) is 20.5. The number of hydrogen-bond donors (Lipinski definition) is 5. The normalized spacial score (nSPS) is 10.9. The van der Waals surface area contributed by atoms with Crippen LogP contribution in [-0.4, -0.2) is 39.0 Å². The zero-order valence-corrected chi connectivity index (χ0v) is 10.1. The predicted molar refractivity (Wildman–Crippen MR) is 67.6 cm³/mol. The van der Waals surface area contributed by atoms with E-state index in [1.807, 2.05) is 6.92 Å². The molecule has 0 saturated carbocycles. The highest BCUT2D eigenvalue weighted by molar-refractivity contribution is 5.60.